The van der Waals surface area contributed by atoms with E-state index in [0.29, 0.717) is 18.7 Å². The molecule has 9 heteroatoms. The van der Waals surface area contributed by atoms with Crippen LogP contribution in [0.1, 0.15) is 35.2 Å². The average molecular weight is 439 g/mol. The summed E-state index contributed by atoms with van der Waals surface area (Å²) in [6, 6.07) is 5.42. The number of carbonyl (C=O) groups excluding carboxylic acids is 2. The second-order valence-electron chi connectivity index (χ2n) is 8.19. The Balaban J connectivity index is 1.48. The molecule has 2 aromatic rings. The second kappa shape index (κ2) is 9.33. The number of amides is 2. The van der Waals surface area contributed by atoms with E-state index in [1.54, 1.807) is 21.9 Å². The number of aromatic nitrogens is 2. The molecule has 4 rings (SSSR count). The largest absolute Gasteiger partial charge is 0.363 e. The summed E-state index contributed by atoms with van der Waals surface area (Å²) in [5, 5.41) is 6.22. The van der Waals surface area contributed by atoms with Gasteiger partial charge in [-0.3, -0.25) is 9.59 Å². The fraction of sp³-hybridized carbons (Fsp3) is 0.391. The molecule has 1 aromatic carbocycles. The number of hydrogen-bond acceptors (Lipinski definition) is 6. The maximum Gasteiger partial charge on any atom is 0.253 e. The van der Waals surface area contributed by atoms with E-state index in [-0.39, 0.29) is 29.6 Å². The maximum atomic E-state index is 14.4. The third kappa shape index (κ3) is 4.71. The third-order valence-electron chi connectivity index (χ3n) is 5.87. The number of piperidine rings is 1. The summed E-state index contributed by atoms with van der Waals surface area (Å²) in [6.45, 7) is 5.38. The molecule has 168 valence electrons. The fourth-order valence-corrected chi connectivity index (χ4v) is 4.18. The summed E-state index contributed by atoms with van der Waals surface area (Å²) >= 11 is 0. The predicted molar refractivity (Wildman–Crippen MR) is 120 cm³/mol. The predicted octanol–water partition coefficient (Wildman–Crippen LogP) is 2.97. The van der Waals surface area contributed by atoms with E-state index in [1.165, 1.54) is 6.08 Å². The Bertz CT molecular complexity index is 1040. The number of aryl methyl sites for hydroxylation is 1. The van der Waals surface area contributed by atoms with Crippen molar-refractivity contribution in [3.63, 3.8) is 0 Å². The molecule has 1 fully saturated rings. The van der Waals surface area contributed by atoms with Crippen LogP contribution in [0.15, 0.2) is 37.1 Å². The zero-order valence-corrected chi connectivity index (χ0v) is 18.1. The number of nitrogens with one attached hydrogen (secondary N) is 2. The number of fused-ring (bicyclic) bond motifs is 1. The quantitative estimate of drug-likeness (QED) is 0.698. The zero-order chi connectivity index (χ0) is 22.7. The molecule has 0 unspecified atom stereocenters. The first kappa shape index (κ1) is 21.7. The van der Waals surface area contributed by atoms with Gasteiger partial charge in [-0.25, -0.2) is 9.37 Å². The Labute approximate surface area is 186 Å². The molecule has 8 nitrogen and oxygen atoms in total. The number of hydrogen-bond donors (Lipinski definition) is 2. The van der Waals surface area contributed by atoms with E-state index < -0.39 is 5.82 Å². The van der Waals surface area contributed by atoms with E-state index >= 15 is 0 Å². The second-order valence-corrected chi connectivity index (χ2v) is 8.19. The summed E-state index contributed by atoms with van der Waals surface area (Å²) in [7, 11) is 1.81. The van der Waals surface area contributed by atoms with Gasteiger partial charge in [0.15, 0.2) is 11.6 Å². The molecule has 0 spiro atoms. The number of carbonyl (C=O) groups is 2. The maximum absolute atomic E-state index is 14.4. The van der Waals surface area contributed by atoms with Crippen LogP contribution in [-0.4, -0.2) is 64.3 Å². The number of likely N-dealkylation sites (tertiary alicyclic amines) is 1. The lowest BCUT2D eigenvalue weighted by Crippen LogP contribution is -2.44. The van der Waals surface area contributed by atoms with Crippen molar-refractivity contribution in [1.29, 1.82) is 0 Å². The van der Waals surface area contributed by atoms with Crippen molar-refractivity contribution in [3.8, 4) is 0 Å². The van der Waals surface area contributed by atoms with Crippen LogP contribution < -0.4 is 10.6 Å². The molecule has 1 aromatic heterocycles. The first-order valence-electron chi connectivity index (χ1n) is 10.8. The first-order chi connectivity index (χ1) is 15.4. The van der Waals surface area contributed by atoms with Crippen LogP contribution in [0.2, 0.25) is 0 Å². The number of benzene rings is 1. The SMILES string of the molecule is C=CC(=O)N1CCC[C@@H](Nc2nc(Nc3ccc4c(c3)CCCN(C)C4=O)ncc2F)C1. The van der Waals surface area contributed by atoms with E-state index in [2.05, 4.69) is 27.2 Å². The summed E-state index contributed by atoms with van der Waals surface area (Å²) in [4.78, 5) is 36.1. The van der Waals surface area contributed by atoms with Crippen molar-refractivity contribution in [3.05, 3.63) is 54.0 Å². The molecule has 2 aliphatic heterocycles. The van der Waals surface area contributed by atoms with Gasteiger partial charge in [0.25, 0.3) is 5.91 Å². The average Bonchev–Trinajstić information content (AvgIpc) is 2.93. The molecule has 2 N–H and O–H groups in total. The zero-order valence-electron chi connectivity index (χ0n) is 18.1. The first-order valence-corrected chi connectivity index (χ1v) is 10.8. The van der Waals surface area contributed by atoms with Gasteiger partial charge in [0.05, 0.1) is 6.20 Å². The van der Waals surface area contributed by atoms with Crippen molar-refractivity contribution in [2.45, 2.75) is 31.7 Å². The highest BCUT2D eigenvalue weighted by Gasteiger charge is 2.24. The molecule has 1 saturated heterocycles. The molecule has 2 aliphatic rings. The highest BCUT2D eigenvalue weighted by Crippen LogP contribution is 2.24. The number of anilines is 3. The Morgan fingerprint density at radius 3 is 2.97 bits per heavy atom. The van der Waals surface area contributed by atoms with Crippen LogP contribution in [0.5, 0.6) is 0 Å². The van der Waals surface area contributed by atoms with Crippen molar-refractivity contribution < 1.29 is 14.0 Å². The molecule has 0 aliphatic carbocycles. The van der Waals surface area contributed by atoms with Gasteiger partial charge in [0.2, 0.25) is 11.9 Å². The van der Waals surface area contributed by atoms with Crippen LogP contribution in [0, 0.1) is 5.82 Å². The molecule has 0 saturated carbocycles. The van der Waals surface area contributed by atoms with Crippen molar-refractivity contribution in [1.82, 2.24) is 19.8 Å². The lowest BCUT2D eigenvalue weighted by atomic mass is 10.0. The van der Waals surface area contributed by atoms with Crippen molar-refractivity contribution >= 4 is 29.3 Å². The minimum atomic E-state index is -0.557. The van der Waals surface area contributed by atoms with Crippen LogP contribution in [-0.2, 0) is 11.2 Å². The van der Waals surface area contributed by atoms with Gasteiger partial charge < -0.3 is 20.4 Å². The smallest absolute Gasteiger partial charge is 0.253 e. The standard InChI is InChI=1S/C23H27FN6O2/c1-3-20(31)30-11-5-7-17(14-30)26-21-19(24)13-25-23(28-21)27-16-8-9-18-15(12-16)6-4-10-29(2)22(18)32/h3,8-9,12-13,17H,1,4-7,10-11,14H2,2H3,(H2,25,26,27,28)/t17-/m1/s1. The van der Waals surface area contributed by atoms with Gasteiger partial charge in [0, 0.05) is 44.0 Å². The molecular weight excluding hydrogens is 411 g/mol. The van der Waals surface area contributed by atoms with E-state index in [0.717, 1.165) is 49.7 Å². The lowest BCUT2D eigenvalue weighted by Gasteiger charge is -2.32. The van der Waals surface area contributed by atoms with Crippen LogP contribution in [0.3, 0.4) is 0 Å². The topological polar surface area (TPSA) is 90.5 Å². The molecule has 0 radical (unpaired) electrons. The molecule has 32 heavy (non-hydrogen) atoms. The number of rotatable bonds is 5. The van der Waals surface area contributed by atoms with E-state index in [4.69, 9.17) is 0 Å². The monoisotopic (exact) mass is 438 g/mol. The van der Waals surface area contributed by atoms with Gasteiger partial charge in [-0.05, 0) is 55.5 Å². The summed E-state index contributed by atoms with van der Waals surface area (Å²) in [6.07, 6.45) is 5.74. The Morgan fingerprint density at radius 2 is 2.16 bits per heavy atom. The number of nitrogens with zero attached hydrogens (tertiary/aromatic N) is 4. The Hall–Kier alpha value is -3.49. The third-order valence-corrected chi connectivity index (χ3v) is 5.87. The Morgan fingerprint density at radius 1 is 1.31 bits per heavy atom. The molecule has 2 amide bonds. The van der Waals surface area contributed by atoms with Gasteiger partial charge in [0.1, 0.15) is 0 Å². The van der Waals surface area contributed by atoms with Crippen LogP contribution in [0.25, 0.3) is 0 Å². The molecule has 1 atom stereocenters. The van der Waals surface area contributed by atoms with E-state index in [9.17, 15) is 14.0 Å². The van der Waals surface area contributed by atoms with Gasteiger partial charge in [-0.15, -0.1) is 0 Å². The van der Waals surface area contributed by atoms with Gasteiger partial charge >= 0.3 is 0 Å². The lowest BCUT2D eigenvalue weighted by molar-refractivity contribution is -0.127. The Kier molecular flexibility index (Phi) is 6.34. The van der Waals surface area contributed by atoms with Gasteiger partial charge in [-0.1, -0.05) is 6.58 Å². The van der Waals surface area contributed by atoms with Crippen molar-refractivity contribution in [2.24, 2.45) is 0 Å². The normalized spacial score (nSPS) is 18.6. The summed E-state index contributed by atoms with van der Waals surface area (Å²) in [5.41, 5.74) is 2.41. The molecule has 0 bridgehead atoms. The van der Waals surface area contributed by atoms with Crippen molar-refractivity contribution in [2.75, 3.05) is 37.3 Å². The summed E-state index contributed by atoms with van der Waals surface area (Å²) < 4.78 is 14.4. The number of halogens is 1. The van der Waals surface area contributed by atoms with Gasteiger partial charge in [-0.2, -0.15) is 4.98 Å². The highest BCUT2D eigenvalue weighted by atomic mass is 19.1. The van der Waals surface area contributed by atoms with Crippen LogP contribution in [0.4, 0.5) is 21.8 Å². The van der Waals surface area contributed by atoms with E-state index in [1.807, 2.05) is 13.1 Å². The molecule has 3 heterocycles. The highest BCUT2D eigenvalue weighted by molar-refractivity contribution is 5.96. The minimum absolute atomic E-state index is 0.0185. The fourth-order valence-electron chi connectivity index (χ4n) is 4.18. The minimum Gasteiger partial charge on any atom is -0.363 e. The summed E-state index contributed by atoms with van der Waals surface area (Å²) in [5.74, 6) is -0.328. The molecular formula is C23H27FN6O2. The van der Waals surface area contributed by atoms with Crippen LogP contribution >= 0.6 is 0 Å².